The third-order valence-corrected chi connectivity index (χ3v) is 6.20. The zero-order valence-electron chi connectivity index (χ0n) is 16.6. The number of hydrogen-bond donors (Lipinski definition) is 2. The number of carboxylic acid groups (broad SMARTS) is 1. The molecule has 9 heteroatoms. The fraction of sp³-hybridized carbons (Fsp3) is 0.0909. The summed E-state index contributed by atoms with van der Waals surface area (Å²) in [7, 11) is -2.62. The van der Waals surface area contributed by atoms with Crippen molar-refractivity contribution in [3.05, 3.63) is 84.4 Å². The van der Waals surface area contributed by atoms with Gasteiger partial charge in [0.1, 0.15) is 12.3 Å². The van der Waals surface area contributed by atoms with E-state index in [1.165, 1.54) is 49.6 Å². The Kier molecular flexibility index (Phi) is 6.56. The predicted octanol–water partition coefficient (Wildman–Crippen LogP) is 3.23. The smallest absolute Gasteiger partial charge is 0.337 e. The number of carbonyl (C=O) groups is 2. The highest BCUT2D eigenvalue weighted by atomic mass is 32.2. The molecule has 0 unspecified atom stereocenters. The lowest BCUT2D eigenvalue weighted by Gasteiger charge is -2.24. The van der Waals surface area contributed by atoms with Crippen molar-refractivity contribution in [1.82, 2.24) is 0 Å². The van der Waals surface area contributed by atoms with Gasteiger partial charge in [-0.05, 0) is 48.5 Å². The number of carboxylic acids is 1. The summed E-state index contributed by atoms with van der Waals surface area (Å²) in [5, 5.41) is 11.8. The lowest BCUT2D eigenvalue weighted by molar-refractivity contribution is -0.114. The van der Waals surface area contributed by atoms with Gasteiger partial charge in [0.25, 0.3) is 10.0 Å². The van der Waals surface area contributed by atoms with Crippen LogP contribution in [0.1, 0.15) is 10.4 Å². The van der Waals surface area contributed by atoms with Crippen LogP contribution in [0, 0.1) is 0 Å². The number of rotatable bonds is 8. The van der Waals surface area contributed by atoms with Crippen LogP contribution >= 0.6 is 0 Å². The summed E-state index contributed by atoms with van der Waals surface area (Å²) in [6.45, 7) is -0.549. The summed E-state index contributed by atoms with van der Waals surface area (Å²) in [6.07, 6.45) is 0. The number of para-hydroxylation sites is 2. The topological polar surface area (TPSA) is 113 Å². The van der Waals surface area contributed by atoms with Gasteiger partial charge in [-0.2, -0.15) is 0 Å². The minimum absolute atomic E-state index is 0.0177. The monoisotopic (exact) mass is 440 g/mol. The SMILES string of the molecule is COc1ccc(S(=O)(=O)N(CC(=O)Nc2ccccc2C(=O)O)c2ccccc2)cc1. The third-order valence-electron chi connectivity index (χ3n) is 4.41. The van der Waals surface area contributed by atoms with Crippen molar-refractivity contribution in [3.63, 3.8) is 0 Å². The maximum atomic E-state index is 13.3. The molecular weight excluding hydrogens is 420 g/mol. The number of nitrogens with zero attached hydrogens (tertiary/aromatic N) is 1. The quantitative estimate of drug-likeness (QED) is 0.556. The number of benzene rings is 3. The van der Waals surface area contributed by atoms with Gasteiger partial charge in [-0.3, -0.25) is 9.10 Å². The van der Waals surface area contributed by atoms with Gasteiger partial charge < -0.3 is 15.2 Å². The summed E-state index contributed by atoms with van der Waals surface area (Å²) < 4.78 is 32.6. The van der Waals surface area contributed by atoms with Gasteiger partial charge in [-0.15, -0.1) is 0 Å². The van der Waals surface area contributed by atoms with E-state index in [9.17, 15) is 23.1 Å². The Labute approximate surface area is 179 Å². The first-order valence-corrected chi connectivity index (χ1v) is 10.6. The fourth-order valence-corrected chi connectivity index (χ4v) is 4.30. The first-order chi connectivity index (χ1) is 14.8. The first-order valence-electron chi connectivity index (χ1n) is 9.17. The van der Waals surface area contributed by atoms with E-state index in [0.29, 0.717) is 11.4 Å². The average molecular weight is 440 g/mol. The van der Waals surface area contributed by atoms with Crippen molar-refractivity contribution in [3.8, 4) is 5.75 Å². The second-order valence-electron chi connectivity index (χ2n) is 6.42. The number of anilines is 2. The molecule has 0 spiro atoms. The molecule has 31 heavy (non-hydrogen) atoms. The molecule has 0 bridgehead atoms. The largest absolute Gasteiger partial charge is 0.497 e. The van der Waals surface area contributed by atoms with Crippen LogP contribution in [0.3, 0.4) is 0 Å². The second kappa shape index (κ2) is 9.31. The molecule has 0 aliphatic carbocycles. The van der Waals surface area contributed by atoms with Crippen molar-refractivity contribution >= 4 is 33.3 Å². The molecule has 0 radical (unpaired) electrons. The van der Waals surface area contributed by atoms with Gasteiger partial charge in [-0.1, -0.05) is 30.3 Å². The van der Waals surface area contributed by atoms with E-state index >= 15 is 0 Å². The Morgan fingerprint density at radius 2 is 1.55 bits per heavy atom. The highest BCUT2D eigenvalue weighted by Crippen LogP contribution is 2.25. The van der Waals surface area contributed by atoms with Gasteiger partial charge in [0.05, 0.1) is 28.9 Å². The van der Waals surface area contributed by atoms with Crippen LogP contribution in [0.15, 0.2) is 83.8 Å². The van der Waals surface area contributed by atoms with Gasteiger partial charge in [-0.25, -0.2) is 13.2 Å². The molecule has 160 valence electrons. The van der Waals surface area contributed by atoms with Crippen molar-refractivity contribution in [2.45, 2.75) is 4.90 Å². The van der Waals surface area contributed by atoms with Crippen molar-refractivity contribution in [1.29, 1.82) is 0 Å². The van der Waals surface area contributed by atoms with Crippen LogP contribution in [0.25, 0.3) is 0 Å². The number of aromatic carboxylic acids is 1. The van der Waals surface area contributed by atoms with Gasteiger partial charge in [0, 0.05) is 0 Å². The highest BCUT2D eigenvalue weighted by molar-refractivity contribution is 7.92. The lowest BCUT2D eigenvalue weighted by Crippen LogP contribution is -2.38. The molecule has 0 heterocycles. The molecule has 0 aliphatic rings. The molecule has 0 fully saturated rings. The van der Waals surface area contributed by atoms with Crippen molar-refractivity contribution < 1.29 is 27.9 Å². The Morgan fingerprint density at radius 3 is 2.16 bits per heavy atom. The molecule has 0 aliphatic heterocycles. The van der Waals surface area contributed by atoms with Crippen molar-refractivity contribution in [2.75, 3.05) is 23.3 Å². The Hall–Kier alpha value is -3.85. The number of amides is 1. The van der Waals surface area contributed by atoms with Gasteiger partial charge in [0.2, 0.25) is 5.91 Å². The van der Waals surface area contributed by atoms with E-state index in [1.807, 2.05) is 0 Å². The summed E-state index contributed by atoms with van der Waals surface area (Å²) >= 11 is 0. The van der Waals surface area contributed by atoms with E-state index < -0.39 is 28.4 Å². The molecule has 3 aromatic carbocycles. The first kappa shape index (κ1) is 21.8. The molecule has 3 aromatic rings. The van der Waals surface area contributed by atoms with Gasteiger partial charge >= 0.3 is 5.97 Å². The Balaban J connectivity index is 1.93. The van der Waals surface area contributed by atoms with E-state index in [4.69, 9.17) is 4.74 Å². The number of sulfonamides is 1. The molecular formula is C22H20N2O6S. The molecule has 2 N–H and O–H groups in total. The Bertz CT molecular complexity index is 1180. The zero-order chi connectivity index (χ0) is 22.4. The standard InChI is InChI=1S/C22H20N2O6S/c1-30-17-11-13-18(14-12-17)31(28,29)24(16-7-3-2-4-8-16)15-21(25)23-20-10-6-5-9-19(20)22(26)27/h2-14H,15H2,1H3,(H,23,25)(H,26,27). The molecule has 3 rings (SSSR count). The fourth-order valence-electron chi connectivity index (χ4n) is 2.88. The number of nitrogens with one attached hydrogen (secondary N) is 1. The van der Waals surface area contributed by atoms with E-state index in [1.54, 1.807) is 36.4 Å². The molecule has 1 amide bonds. The van der Waals surface area contributed by atoms with E-state index in [0.717, 1.165) is 4.31 Å². The molecule has 0 aromatic heterocycles. The van der Waals surface area contributed by atoms with Crippen LogP contribution < -0.4 is 14.4 Å². The minimum atomic E-state index is -4.09. The molecule has 0 saturated carbocycles. The maximum absolute atomic E-state index is 13.3. The van der Waals surface area contributed by atoms with Gasteiger partial charge in [0.15, 0.2) is 0 Å². The zero-order valence-corrected chi connectivity index (χ0v) is 17.4. The minimum Gasteiger partial charge on any atom is -0.497 e. The average Bonchev–Trinajstić information content (AvgIpc) is 2.78. The highest BCUT2D eigenvalue weighted by Gasteiger charge is 2.27. The number of methoxy groups -OCH3 is 1. The predicted molar refractivity (Wildman–Crippen MR) is 116 cm³/mol. The number of ether oxygens (including phenoxy) is 1. The van der Waals surface area contributed by atoms with Crippen LogP contribution in [0.2, 0.25) is 0 Å². The lowest BCUT2D eigenvalue weighted by atomic mass is 10.2. The molecule has 0 atom stereocenters. The normalized spacial score (nSPS) is 10.9. The summed E-state index contributed by atoms with van der Waals surface area (Å²) in [5.41, 5.74) is 0.273. The third kappa shape index (κ3) is 5.01. The second-order valence-corrected chi connectivity index (χ2v) is 8.28. The maximum Gasteiger partial charge on any atom is 0.337 e. The number of carbonyl (C=O) groups excluding carboxylic acids is 1. The van der Waals surface area contributed by atoms with Crippen LogP contribution in [-0.4, -0.2) is 39.1 Å². The van der Waals surface area contributed by atoms with Crippen LogP contribution in [-0.2, 0) is 14.8 Å². The van der Waals surface area contributed by atoms with Crippen LogP contribution in [0.4, 0.5) is 11.4 Å². The molecule has 0 saturated heterocycles. The molecule has 8 nitrogen and oxygen atoms in total. The van der Waals surface area contributed by atoms with E-state index in [2.05, 4.69) is 5.32 Å². The van der Waals surface area contributed by atoms with E-state index in [-0.39, 0.29) is 16.1 Å². The van der Waals surface area contributed by atoms with Crippen molar-refractivity contribution in [2.24, 2.45) is 0 Å². The summed E-state index contributed by atoms with van der Waals surface area (Å²) in [4.78, 5) is 24.1. The Morgan fingerprint density at radius 1 is 0.935 bits per heavy atom. The van der Waals surface area contributed by atoms with Crippen LogP contribution in [0.5, 0.6) is 5.75 Å². The number of hydrogen-bond acceptors (Lipinski definition) is 5. The summed E-state index contributed by atoms with van der Waals surface area (Å²) in [6, 6.07) is 19.9. The summed E-state index contributed by atoms with van der Waals surface area (Å²) in [5.74, 6) is -1.40.